The molecule has 0 radical (unpaired) electrons. The number of nitrogens with one attached hydrogen (secondary N) is 1. The summed E-state index contributed by atoms with van der Waals surface area (Å²) in [5.41, 5.74) is 0. The van der Waals surface area contributed by atoms with Gasteiger partial charge < -0.3 is 5.32 Å². The molecule has 0 saturated carbocycles. The SMILES string of the molecule is O=S(=O)=CCNCC=S(=O)=O. The quantitative estimate of drug-likeness (QED) is 0.414. The summed E-state index contributed by atoms with van der Waals surface area (Å²) in [5, 5.41) is 4.55. The van der Waals surface area contributed by atoms with Gasteiger partial charge in [-0.15, -0.1) is 0 Å². The summed E-state index contributed by atoms with van der Waals surface area (Å²) < 4.78 is 39.5. The van der Waals surface area contributed by atoms with Crippen molar-refractivity contribution in [3.05, 3.63) is 0 Å². The zero-order valence-corrected chi connectivity index (χ0v) is 7.15. The van der Waals surface area contributed by atoms with E-state index in [1.807, 2.05) is 0 Å². The maximum Gasteiger partial charge on any atom is 0.211 e. The first kappa shape index (κ1) is 10.3. The highest BCUT2D eigenvalue weighted by molar-refractivity contribution is 7.71. The lowest BCUT2D eigenvalue weighted by Crippen LogP contribution is -2.18. The summed E-state index contributed by atoms with van der Waals surface area (Å²) in [7, 11) is -4.37. The molecule has 0 aliphatic rings. The molecule has 0 aromatic carbocycles. The molecule has 0 fully saturated rings. The van der Waals surface area contributed by atoms with Crippen LogP contribution in [0.3, 0.4) is 0 Å². The molecule has 0 atom stereocenters. The Labute approximate surface area is 67.1 Å². The molecule has 64 valence electrons. The predicted octanol–water partition coefficient (Wildman–Crippen LogP) is -2.06. The summed E-state index contributed by atoms with van der Waals surface area (Å²) >= 11 is 0. The first-order chi connectivity index (χ1) is 5.13. The summed E-state index contributed by atoms with van der Waals surface area (Å²) in [6.45, 7) is 0.285. The van der Waals surface area contributed by atoms with E-state index in [9.17, 15) is 16.8 Å². The van der Waals surface area contributed by atoms with E-state index in [2.05, 4.69) is 5.32 Å². The molecule has 0 heterocycles. The van der Waals surface area contributed by atoms with Gasteiger partial charge in [-0.25, -0.2) is 0 Å². The van der Waals surface area contributed by atoms with Crippen LogP contribution in [0.15, 0.2) is 0 Å². The summed E-state index contributed by atoms with van der Waals surface area (Å²) in [6.07, 6.45) is 0. The van der Waals surface area contributed by atoms with Crippen molar-refractivity contribution in [1.29, 1.82) is 0 Å². The Balaban J connectivity index is 3.61. The fourth-order valence-electron chi connectivity index (χ4n) is 0.337. The van der Waals surface area contributed by atoms with Gasteiger partial charge in [-0.3, -0.25) is 0 Å². The van der Waals surface area contributed by atoms with Gasteiger partial charge >= 0.3 is 0 Å². The van der Waals surface area contributed by atoms with Crippen LogP contribution >= 0.6 is 0 Å². The van der Waals surface area contributed by atoms with Crippen molar-refractivity contribution in [1.82, 2.24) is 5.32 Å². The fourth-order valence-corrected chi connectivity index (χ4v) is 0.845. The van der Waals surface area contributed by atoms with E-state index in [1.165, 1.54) is 0 Å². The average molecular weight is 197 g/mol. The molecule has 0 bridgehead atoms. The number of rotatable bonds is 4. The zero-order chi connectivity index (χ0) is 8.69. The van der Waals surface area contributed by atoms with E-state index in [-0.39, 0.29) is 13.1 Å². The number of hydrogen-bond acceptors (Lipinski definition) is 5. The van der Waals surface area contributed by atoms with Gasteiger partial charge in [-0.1, -0.05) is 0 Å². The topological polar surface area (TPSA) is 80.3 Å². The zero-order valence-electron chi connectivity index (χ0n) is 5.52. The summed E-state index contributed by atoms with van der Waals surface area (Å²) in [4.78, 5) is 0. The van der Waals surface area contributed by atoms with Crippen LogP contribution in [0.5, 0.6) is 0 Å². The lowest BCUT2D eigenvalue weighted by molar-refractivity contribution is 0.626. The molecule has 0 aliphatic carbocycles. The third-order valence-electron chi connectivity index (χ3n) is 0.728. The van der Waals surface area contributed by atoms with Gasteiger partial charge in [0.25, 0.3) is 0 Å². The molecular weight excluding hydrogens is 190 g/mol. The Kier molecular flexibility index (Phi) is 5.71. The second-order valence-corrected chi connectivity index (χ2v) is 3.22. The van der Waals surface area contributed by atoms with Gasteiger partial charge in [-0.2, -0.15) is 16.8 Å². The molecule has 0 aliphatic heterocycles. The minimum Gasteiger partial charge on any atom is -0.308 e. The first-order valence-corrected chi connectivity index (χ1v) is 4.94. The predicted molar refractivity (Wildman–Crippen MR) is 42.8 cm³/mol. The fraction of sp³-hybridized carbons (Fsp3) is 0.500. The molecule has 0 aromatic rings. The first-order valence-electron chi connectivity index (χ1n) is 2.66. The van der Waals surface area contributed by atoms with Crippen molar-refractivity contribution < 1.29 is 16.8 Å². The molecule has 11 heavy (non-hydrogen) atoms. The second-order valence-electron chi connectivity index (χ2n) is 1.51. The third kappa shape index (κ3) is 9.34. The maximum atomic E-state index is 9.87. The normalized spacial score (nSPS) is 8.73. The van der Waals surface area contributed by atoms with Crippen molar-refractivity contribution >= 4 is 31.3 Å². The largest absolute Gasteiger partial charge is 0.308 e. The van der Waals surface area contributed by atoms with Crippen LogP contribution in [-0.2, 0) is 20.6 Å². The molecule has 1 N–H and O–H groups in total. The van der Waals surface area contributed by atoms with Crippen LogP contribution in [0.2, 0.25) is 0 Å². The Bertz CT molecular complexity index is 298. The number of hydrogen-bond donors (Lipinski definition) is 1. The lowest BCUT2D eigenvalue weighted by atomic mass is 10.7. The Morgan fingerprint density at radius 1 is 0.909 bits per heavy atom. The van der Waals surface area contributed by atoms with Crippen LogP contribution in [0.4, 0.5) is 0 Å². The Morgan fingerprint density at radius 2 is 1.27 bits per heavy atom. The van der Waals surface area contributed by atoms with Gasteiger partial charge in [0.1, 0.15) is 0 Å². The minimum atomic E-state index is -2.19. The monoisotopic (exact) mass is 197 g/mol. The van der Waals surface area contributed by atoms with Crippen molar-refractivity contribution in [3.8, 4) is 0 Å². The molecule has 0 amide bonds. The molecular formula is C4H7NO4S2. The lowest BCUT2D eigenvalue weighted by Gasteiger charge is -1.87. The van der Waals surface area contributed by atoms with Crippen LogP contribution in [0, 0.1) is 0 Å². The molecule has 7 heteroatoms. The third-order valence-corrected chi connectivity index (χ3v) is 1.61. The average Bonchev–Trinajstić information content (AvgIpc) is 1.85. The molecule has 0 spiro atoms. The van der Waals surface area contributed by atoms with Gasteiger partial charge in [-0.05, 0) is 0 Å². The maximum absolute atomic E-state index is 9.87. The van der Waals surface area contributed by atoms with Crippen LogP contribution in [-0.4, -0.2) is 40.7 Å². The van der Waals surface area contributed by atoms with Gasteiger partial charge in [0.05, 0.1) is 0 Å². The van der Waals surface area contributed by atoms with E-state index < -0.39 is 20.6 Å². The van der Waals surface area contributed by atoms with E-state index in [4.69, 9.17) is 0 Å². The van der Waals surface area contributed by atoms with Gasteiger partial charge in [0.15, 0.2) is 0 Å². The molecule has 0 unspecified atom stereocenters. The molecule has 0 rings (SSSR count). The smallest absolute Gasteiger partial charge is 0.211 e. The van der Waals surface area contributed by atoms with Crippen molar-refractivity contribution in [2.45, 2.75) is 0 Å². The summed E-state index contributed by atoms with van der Waals surface area (Å²) in [5.74, 6) is 0. The van der Waals surface area contributed by atoms with Crippen molar-refractivity contribution in [3.63, 3.8) is 0 Å². The molecule has 0 aromatic heterocycles. The van der Waals surface area contributed by atoms with Gasteiger partial charge in [0.2, 0.25) is 20.6 Å². The second kappa shape index (κ2) is 6.08. The molecule has 0 saturated heterocycles. The van der Waals surface area contributed by atoms with E-state index in [0.717, 1.165) is 10.7 Å². The van der Waals surface area contributed by atoms with Crippen molar-refractivity contribution in [2.24, 2.45) is 0 Å². The minimum absolute atomic E-state index is 0.143. The highest BCUT2D eigenvalue weighted by atomic mass is 32.2. The van der Waals surface area contributed by atoms with Crippen LogP contribution in [0.1, 0.15) is 0 Å². The standard InChI is InChI=1S/C4H7NO4S2/c6-10(7)3-1-5-2-4-11(8)9/h3-5H,1-2H2. The van der Waals surface area contributed by atoms with Crippen molar-refractivity contribution in [2.75, 3.05) is 13.1 Å². The highest BCUT2D eigenvalue weighted by Gasteiger charge is 1.79. The van der Waals surface area contributed by atoms with E-state index in [1.54, 1.807) is 0 Å². The van der Waals surface area contributed by atoms with Crippen LogP contribution < -0.4 is 5.32 Å². The van der Waals surface area contributed by atoms with E-state index in [0.29, 0.717) is 0 Å². The summed E-state index contributed by atoms with van der Waals surface area (Å²) in [6, 6.07) is 0. The van der Waals surface area contributed by atoms with Gasteiger partial charge in [0, 0.05) is 23.8 Å². The van der Waals surface area contributed by atoms with Crippen LogP contribution in [0.25, 0.3) is 0 Å². The molecule has 5 nitrogen and oxygen atoms in total. The Morgan fingerprint density at radius 3 is 1.55 bits per heavy atom. The highest BCUT2D eigenvalue weighted by Crippen LogP contribution is 1.50. The van der Waals surface area contributed by atoms with E-state index >= 15 is 0 Å². The Hall–Kier alpha value is -0.660.